The summed E-state index contributed by atoms with van der Waals surface area (Å²) >= 11 is 0. The van der Waals surface area contributed by atoms with Crippen LogP contribution in [-0.2, 0) is 0 Å². The number of amides is 1. The number of nitrogens with zero attached hydrogens (tertiary/aromatic N) is 1. The second kappa shape index (κ2) is 8.89. The first-order valence-corrected chi connectivity index (χ1v) is 10.1. The van der Waals surface area contributed by atoms with Gasteiger partial charge in [-0.25, -0.2) is 4.99 Å². The van der Waals surface area contributed by atoms with Gasteiger partial charge in [0.05, 0.1) is 65.2 Å². The van der Waals surface area contributed by atoms with Crippen molar-refractivity contribution in [3.8, 4) is 51.6 Å². The molecule has 2 aromatic carbocycles. The van der Waals surface area contributed by atoms with Crippen LogP contribution < -0.4 is 28.4 Å². The van der Waals surface area contributed by atoms with E-state index in [0.29, 0.717) is 51.3 Å². The van der Waals surface area contributed by atoms with Crippen LogP contribution in [0.4, 0.5) is 0 Å². The monoisotopic (exact) mass is 468 g/mol. The first-order valence-electron chi connectivity index (χ1n) is 10.1. The molecule has 0 saturated carbocycles. The number of aromatic amines is 1. The number of aromatic hydroxyl groups is 1. The largest absolute Gasteiger partial charge is 0.494 e. The summed E-state index contributed by atoms with van der Waals surface area (Å²) in [5, 5.41) is 10.8. The number of aromatic nitrogens is 1. The Hall–Kier alpha value is -4.34. The van der Waals surface area contributed by atoms with E-state index in [1.165, 1.54) is 42.7 Å². The van der Waals surface area contributed by atoms with Crippen LogP contribution in [0.25, 0.3) is 11.3 Å². The van der Waals surface area contributed by atoms with Crippen LogP contribution in [0.2, 0.25) is 0 Å². The summed E-state index contributed by atoms with van der Waals surface area (Å²) < 4.78 is 32.4. The number of carbonyl (C=O) groups is 1. The average molecular weight is 468 g/mol. The maximum Gasteiger partial charge on any atom is 0.280 e. The molecule has 10 nitrogen and oxygen atoms in total. The molecule has 2 N–H and O–H groups in total. The zero-order valence-corrected chi connectivity index (χ0v) is 19.6. The van der Waals surface area contributed by atoms with Gasteiger partial charge in [0.1, 0.15) is 0 Å². The van der Waals surface area contributed by atoms with Gasteiger partial charge in [0.2, 0.25) is 11.5 Å². The Morgan fingerprint density at radius 2 is 1.12 bits per heavy atom. The lowest BCUT2D eigenvalue weighted by Gasteiger charge is -2.14. The molecule has 0 saturated heterocycles. The molecule has 10 heteroatoms. The van der Waals surface area contributed by atoms with E-state index in [1.54, 1.807) is 24.3 Å². The fourth-order valence-corrected chi connectivity index (χ4v) is 4.01. The van der Waals surface area contributed by atoms with Gasteiger partial charge in [0, 0.05) is 11.1 Å². The lowest BCUT2D eigenvalue weighted by atomic mass is 9.99. The normalized spacial score (nSPS) is 12.2. The van der Waals surface area contributed by atoms with Crippen molar-refractivity contribution in [3.05, 3.63) is 41.0 Å². The predicted octanol–water partition coefficient (Wildman–Crippen LogP) is 3.43. The van der Waals surface area contributed by atoms with E-state index in [2.05, 4.69) is 9.98 Å². The standard InChI is InChI=1S/C24H24N2O8/c1-29-13-7-11(8-14(30-2)21(13)33-5)19-17-18(24(28)25-19)20(26-23(17)27)12-9-15(31-3)22(34-6)16(10-12)32-4/h7-10,25,28H,1-6H3. The minimum Gasteiger partial charge on any atom is -0.494 e. The van der Waals surface area contributed by atoms with Crippen LogP contribution in [0.5, 0.6) is 40.4 Å². The third-order valence-corrected chi connectivity index (χ3v) is 5.54. The third-order valence-electron chi connectivity index (χ3n) is 5.54. The van der Waals surface area contributed by atoms with Gasteiger partial charge >= 0.3 is 0 Å². The van der Waals surface area contributed by atoms with Crippen molar-refractivity contribution in [1.29, 1.82) is 0 Å². The van der Waals surface area contributed by atoms with Crippen molar-refractivity contribution in [2.75, 3.05) is 42.7 Å². The summed E-state index contributed by atoms with van der Waals surface area (Å²) in [5.41, 5.74) is 2.17. The zero-order chi connectivity index (χ0) is 24.6. The fourth-order valence-electron chi connectivity index (χ4n) is 4.01. The van der Waals surface area contributed by atoms with Gasteiger partial charge in [-0.05, 0) is 24.3 Å². The smallest absolute Gasteiger partial charge is 0.280 e. The molecule has 1 aliphatic rings. The Balaban J connectivity index is 1.89. The summed E-state index contributed by atoms with van der Waals surface area (Å²) in [4.78, 5) is 20.1. The molecule has 0 atom stereocenters. The molecule has 1 amide bonds. The van der Waals surface area contributed by atoms with Crippen LogP contribution in [-0.4, -0.2) is 64.4 Å². The Morgan fingerprint density at radius 1 is 0.676 bits per heavy atom. The highest BCUT2D eigenvalue weighted by Gasteiger charge is 2.35. The number of ether oxygens (including phenoxy) is 6. The van der Waals surface area contributed by atoms with Crippen LogP contribution in [0, 0.1) is 0 Å². The summed E-state index contributed by atoms with van der Waals surface area (Å²) in [5.74, 6) is 1.65. The van der Waals surface area contributed by atoms with Crippen molar-refractivity contribution in [1.82, 2.24) is 4.98 Å². The van der Waals surface area contributed by atoms with Gasteiger partial charge in [-0.2, -0.15) is 0 Å². The number of methoxy groups -OCH3 is 6. The second-order valence-electron chi connectivity index (χ2n) is 7.19. The minimum atomic E-state index is -0.515. The minimum absolute atomic E-state index is 0.211. The van der Waals surface area contributed by atoms with Gasteiger partial charge in [0.25, 0.3) is 5.91 Å². The fraction of sp³-hybridized carbons (Fsp3) is 0.250. The number of benzene rings is 2. The van der Waals surface area contributed by atoms with E-state index in [9.17, 15) is 9.90 Å². The molecule has 34 heavy (non-hydrogen) atoms. The van der Waals surface area contributed by atoms with E-state index >= 15 is 0 Å². The Labute approximate surface area is 195 Å². The van der Waals surface area contributed by atoms with Crippen LogP contribution in [0.15, 0.2) is 29.3 Å². The highest BCUT2D eigenvalue weighted by Crippen LogP contribution is 2.45. The SMILES string of the molecule is COc1cc(C2=NC(=O)c3c(-c4cc(OC)c(OC)c(OC)c4)[nH]c(O)c32)cc(OC)c1OC. The molecular weight excluding hydrogens is 444 g/mol. The Kier molecular flexibility index (Phi) is 5.97. The second-order valence-corrected chi connectivity index (χ2v) is 7.19. The summed E-state index contributed by atoms with van der Waals surface area (Å²) in [6.07, 6.45) is 0. The molecule has 0 unspecified atom stereocenters. The van der Waals surface area contributed by atoms with Crippen molar-refractivity contribution < 1.29 is 38.3 Å². The number of hydrogen-bond donors (Lipinski definition) is 2. The molecule has 3 aromatic rings. The van der Waals surface area contributed by atoms with Crippen LogP contribution in [0.1, 0.15) is 21.5 Å². The van der Waals surface area contributed by atoms with Gasteiger partial charge in [-0.1, -0.05) is 0 Å². The lowest BCUT2D eigenvalue weighted by molar-refractivity contribution is 0.101. The number of nitrogens with one attached hydrogen (secondary N) is 1. The van der Waals surface area contributed by atoms with Gasteiger partial charge in [0.15, 0.2) is 28.9 Å². The van der Waals surface area contributed by atoms with Crippen LogP contribution >= 0.6 is 0 Å². The molecule has 1 aliphatic heterocycles. The summed E-state index contributed by atoms with van der Waals surface area (Å²) in [6, 6.07) is 6.68. The van der Waals surface area contributed by atoms with Gasteiger partial charge < -0.3 is 38.5 Å². The van der Waals surface area contributed by atoms with Gasteiger partial charge in [-0.3, -0.25) is 4.79 Å². The Morgan fingerprint density at radius 3 is 1.53 bits per heavy atom. The molecule has 0 fully saturated rings. The molecule has 178 valence electrons. The molecule has 0 bridgehead atoms. The lowest BCUT2D eigenvalue weighted by Crippen LogP contribution is -2.03. The quantitative estimate of drug-likeness (QED) is 0.516. The van der Waals surface area contributed by atoms with E-state index in [-0.39, 0.29) is 22.7 Å². The number of H-pyrrole nitrogens is 1. The van der Waals surface area contributed by atoms with E-state index < -0.39 is 5.91 Å². The number of fused-ring (bicyclic) bond motifs is 1. The van der Waals surface area contributed by atoms with Crippen molar-refractivity contribution in [2.45, 2.75) is 0 Å². The maximum atomic E-state index is 13.0. The molecule has 1 aromatic heterocycles. The Bertz CT molecular complexity index is 1260. The molecule has 0 radical (unpaired) electrons. The number of carbonyl (C=O) groups excluding carboxylic acids is 1. The number of aliphatic imine (C=N–C) groups is 1. The van der Waals surface area contributed by atoms with Crippen molar-refractivity contribution >= 4 is 11.6 Å². The average Bonchev–Trinajstić information content (AvgIpc) is 3.39. The first kappa shape index (κ1) is 22.8. The van der Waals surface area contributed by atoms with E-state index in [1.807, 2.05) is 0 Å². The molecule has 0 spiro atoms. The van der Waals surface area contributed by atoms with E-state index in [4.69, 9.17) is 28.4 Å². The highest BCUT2D eigenvalue weighted by atomic mass is 16.5. The molecule has 4 rings (SSSR count). The molecule has 0 aliphatic carbocycles. The summed E-state index contributed by atoms with van der Waals surface area (Å²) in [7, 11) is 8.97. The molecular formula is C24H24N2O8. The van der Waals surface area contributed by atoms with Gasteiger partial charge in [-0.15, -0.1) is 0 Å². The summed E-state index contributed by atoms with van der Waals surface area (Å²) in [6.45, 7) is 0. The third kappa shape index (κ3) is 3.43. The predicted molar refractivity (Wildman–Crippen MR) is 124 cm³/mol. The highest BCUT2D eigenvalue weighted by molar-refractivity contribution is 6.30. The van der Waals surface area contributed by atoms with E-state index in [0.717, 1.165) is 0 Å². The zero-order valence-electron chi connectivity index (χ0n) is 19.6. The van der Waals surface area contributed by atoms with Crippen LogP contribution in [0.3, 0.4) is 0 Å². The van der Waals surface area contributed by atoms with Crippen molar-refractivity contribution in [3.63, 3.8) is 0 Å². The topological polar surface area (TPSA) is 121 Å². The molecule has 2 heterocycles. The van der Waals surface area contributed by atoms with Crippen molar-refractivity contribution in [2.24, 2.45) is 4.99 Å². The maximum absolute atomic E-state index is 13.0. The first-order chi connectivity index (χ1) is 16.4. The number of hydrogen-bond acceptors (Lipinski definition) is 8. The number of rotatable bonds is 8.